The number of Topliss-reactive ketones (excluding diaryl/α,β-unsaturated/α-hetero) is 1. The maximum Gasteiger partial charge on any atom is 0.323 e. The van der Waals surface area contributed by atoms with Crippen LogP contribution in [0, 0.1) is 0 Å². The van der Waals surface area contributed by atoms with Crippen molar-refractivity contribution in [2.45, 2.75) is 69.9 Å². The Kier molecular flexibility index (Phi) is 9.94. The maximum atomic E-state index is 15.5. The smallest absolute Gasteiger partial charge is 0.323 e. The summed E-state index contributed by atoms with van der Waals surface area (Å²) < 4.78 is 80.4. The molecule has 2 heterocycles. The summed E-state index contributed by atoms with van der Waals surface area (Å²) in [7, 11) is 0. The molecule has 16 heteroatoms. The van der Waals surface area contributed by atoms with Gasteiger partial charge in [0.05, 0.1) is 19.1 Å². The van der Waals surface area contributed by atoms with E-state index in [1.54, 1.807) is 38.1 Å². The summed E-state index contributed by atoms with van der Waals surface area (Å²) in [6.45, 7) is -0.743. The van der Waals surface area contributed by atoms with Crippen LogP contribution in [0.2, 0.25) is 0 Å². The number of alkyl halides is 3. The number of carbonyl (C=O) groups excluding carboxylic acids is 3. The van der Waals surface area contributed by atoms with Crippen LogP contribution < -0.4 is 9.61 Å². The van der Waals surface area contributed by atoms with Crippen molar-refractivity contribution in [2.75, 3.05) is 6.61 Å². The van der Waals surface area contributed by atoms with Crippen LogP contribution in [0.3, 0.4) is 0 Å². The minimum atomic E-state index is -4.01. The summed E-state index contributed by atoms with van der Waals surface area (Å²) in [6.07, 6.45) is -12.1. The molecule has 1 amide bonds. The number of ketones is 1. The molecule has 1 fully saturated rings. The van der Waals surface area contributed by atoms with Gasteiger partial charge in [-0.3, -0.25) is 19.3 Å². The van der Waals surface area contributed by atoms with Crippen LogP contribution in [0.1, 0.15) is 27.2 Å². The number of allylic oxidation sites excluding steroid dienone is 1. The first kappa shape index (κ1) is 33.0. The van der Waals surface area contributed by atoms with Crippen LogP contribution >= 0.6 is 6.64 Å². The van der Waals surface area contributed by atoms with Crippen LogP contribution in [0.4, 0.5) is 17.6 Å². The number of esters is 1. The van der Waals surface area contributed by atoms with E-state index in [0.717, 1.165) is 10.8 Å². The maximum absolute atomic E-state index is 15.5. The van der Waals surface area contributed by atoms with Crippen molar-refractivity contribution in [3.63, 3.8) is 0 Å². The molecule has 2 aromatic rings. The van der Waals surface area contributed by atoms with Crippen molar-refractivity contribution in [1.82, 2.24) is 9.99 Å². The molecule has 0 aromatic heterocycles. The molecule has 2 aromatic carbocycles. The number of carbonyl (C=O) groups is 3. The third kappa shape index (κ3) is 7.08. The number of rotatable bonds is 11. The SMILES string of the molecule is CC(C)OC(=O)[C@H](C)NP(=S)(OC[C@@]1(C(F)F)O[C@@H](N2C=C(F)C(=O)CC2=O)[C@H](O)[C@H]1F)Oc1ccc2ccccc2c1. The van der Waals surface area contributed by atoms with Crippen molar-refractivity contribution in [3.8, 4) is 5.75 Å². The molecule has 0 spiro atoms. The fourth-order valence-electron chi connectivity index (χ4n) is 4.42. The van der Waals surface area contributed by atoms with Crippen LogP contribution in [-0.4, -0.2) is 76.9 Å². The summed E-state index contributed by atoms with van der Waals surface area (Å²) in [5.41, 5.74) is -3.21. The average molecular weight is 649 g/mol. The Morgan fingerprint density at radius 2 is 1.88 bits per heavy atom. The van der Waals surface area contributed by atoms with Gasteiger partial charge in [0, 0.05) is 6.20 Å². The highest BCUT2D eigenvalue weighted by Crippen LogP contribution is 2.49. The highest BCUT2D eigenvalue weighted by molar-refractivity contribution is 8.09. The summed E-state index contributed by atoms with van der Waals surface area (Å²) in [4.78, 5) is 36.7. The lowest BCUT2D eigenvalue weighted by atomic mass is 9.98. The summed E-state index contributed by atoms with van der Waals surface area (Å²) in [5.74, 6) is -4.30. The Labute approximate surface area is 249 Å². The van der Waals surface area contributed by atoms with Gasteiger partial charge in [0.2, 0.25) is 11.7 Å². The van der Waals surface area contributed by atoms with Gasteiger partial charge in [-0.1, -0.05) is 30.3 Å². The lowest BCUT2D eigenvalue weighted by Crippen LogP contribution is -2.51. The van der Waals surface area contributed by atoms with E-state index < -0.39 is 85.8 Å². The first-order chi connectivity index (χ1) is 20.2. The second-order valence-corrected chi connectivity index (χ2v) is 13.4. The van der Waals surface area contributed by atoms with Gasteiger partial charge in [-0.15, -0.1) is 0 Å². The Bertz CT molecular complexity index is 1480. The Morgan fingerprint density at radius 1 is 1.21 bits per heavy atom. The molecule has 10 nitrogen and oxygen atoms in total. The number of benzene rings is 2. The standard InChI is InChI=1S/C27H29F4N2O8PS/c1-14(2)39-25(37)15(3)32-42(43,41-18-9-8-16-6-4-5-7-17(16)10-18)38-13-27(26(30)31)23(29)22(36)24(40-27)33-12-19(28)20(34)11-21(33)35/h4-10,12,14-15,22-24,26,36H,11,13H2,1-3H3,(H,32,43)/t15-,22+,23+,24+,27+,42?/m0/s1. The van der Waals surface area contributed by atoms with Crippen molar-refractivity contribution in [3.05, 3.63) is 54.5 Å². The molecule has 2 N–H and O–H groups in total. The van der Waals surface area contributed by atoms with Crippen LogP contribution in [0.5, 0.6) is 5.75 Å². The fourth-order valence-corrected chi connectivity index (χ4v) is 6.83. The van der Waals surface area contributed by atoms with Gasteiger partial charge in [-0.2, -0.15) is 0 Å². The molecule has 2 aliphatic rings. The van der Waals surface area contributed by atoms with Gasteiger partial charge in [-0.25, -0.2) is 22.6 Å². The molecule has 1 saturated heterocycles. The van der Waals surface area contributed by atoms with Gasteiger partial charge < -0.3 is 23.6 Å². The van der Waals surface area contributed by atoms with E-state index in [2.05, 4.69) is 5.09 Å². The number of hydrogen-bond donors (Lipinski definition) is 2. The molecule has 0 saturated carbocycles. The zero-order chi connectivity index (χ0) is 31.7. The van der Waals surface area contributed by atoms with Crippen molar-refractivity contribution in [2.24, 2.45) is 0 Å². The Morgan fingerprint density at radius 3 is 2.53 bits per heavy atom. The number of fused-ring (bicyclic) bond motifs is 1. The molecule has 0 aliphatic carbocycles. The van der Waals surface area contributed by atoms with E-state index in [1.165, 1.54) is 13.0 Å². The third-order valence-corrected chi connectivity index (χ3v) is 9.10. The summed E-state index contributed by atoms with van der Waals surface area (Å²) in [5, 5.41) is 14.7. The second-order valence-electron chi connectivity index (χ2n) is 10.2. The summed E-state index contributed by atoms with van der Waals surface area (Å²) in [6, 6.07) is 10.9. The highest BCUT2D eigenvalue weighted by atomic mass is 32.5. The number of nitrogens with zero attached hydrogens (tertiary/aromatic N) is 1. The quantitative estimate of drug-likeness (QED) is 0.160. The van der Waals surface area contributed by atoms with Gasteiger partial charge in [0.1, 0.15) is 17.9 Å². The molecule has 43 heavy (non-hydrogen) atoms. The molecule has 1 unspecified atom stereocenters. The number of halogens is 4. The average Bonchev–Trinajstić information content (AvgIpc) is 3.19. The molecular formula is C27H29F4N2O8PS. The van der Waals surface area contributed by atoms with E-state index in [4.69, 9.17) is 30.3 Å². The van der Waals surface area contributed by atoms with Crippen LogP contribution in [0.15, 0.2) is 54.5 Å². The number of aliphatic hydroxyl groups excluding tert-OH is 1. The van der Waals surface area contributed by atoms with E-state index in [9.17, 15) is 32.7 Å². The molecule has 2 aliphatic heterocycles. The normalized spacial score (nSPS) is 26.5. The first-order valence-corrected chi connectivity index (χ1v) is 15.7. The number of aliphatic hydroxyl groups is 1. The largest absolute Gasteiger partial charge is 0.462 e. The van der Waals surface area contributed by atoms with Gasteiger partial charge in [0.25, 0.3) is 6.43 Å². The molecular weight excluding hydrogens is 619 g/mol. The number of nitrogens with one attached hydrogen (secondary N) is 1. The molecule has 234 valence electrons. The third-order valence-electron chi connectivity index (χ3n) is 6.62. The monoisotopic (exact) mass is 648 g/mol. The van der Waals surface area contributed by atoms with E-state index in [0.29, 0.717) is 11.1 Å². The van der Waals surface area contributed by atoms with Gasteiger partial charge >= 0.3 is 12.6 Å². The molecule has 6 atom stereocenters. The lowest BCUT2D eigenvalue weighted by molar-refractivity contribution is -0.193. The Hall–Kier alpha value is -2.94. The number of amides is 1. The first-order valence-electron chi connectivity index (χ1n) is 13.1. The van der Waals surface area contributed by atoms with Crippen molar-refractivity contribution < 1.29 is 55.6 Å². The predicted molar refractivity (Wildman–Crippen MR) is 149 cm³/mol. The summed E-state index contributed by atoms with van der Waals surface area (Å²) >= 11 is 5.56. The van der Waals surface area contributed by atoms with E-state index in [1.807, 2.05) is 12.1 Å². The number of ether oxygens (including phenoxy) is 2. The number of hydrogen-bond acceptors (Lipinski definition) is 9. The Balaban J connectivity index is 1.63. The van der Waals surface area contributed by atoms with Crippen LogP contribution in [0.25, 0.3) is 10.8 Å². The topological polar surface area (TPSA) is 124 Å². The predicted octanol–water partition coefficient (Wildman–Crippen LogP) is 4.06. The molecule has 0 bridgehead atoms. The molecule has 0 radical (unpaired) electrons. The van der Waals surface area contributed by atoms with Crippen LogP contribution in [-0.2, 0) is 40.2 Å². The highest BCUT2D eigenvalue weighted by Gasteiger charge is 2.63. The minimum absolute atomic E-state index is 0.135. The van der Waals surface area contributed by atoms with Gasteiger partial charge in [-0.05, 0) is 55.5 Å². The fraction of sp³-hybridized carbons (Fsp3) is 0.444. The second kappa shape index (κ2) is 13.0. The van der Waals surface area contributed by atoms with Crippen molar-refractivity contribution >= 4 is 46.9 Å². The lowest BCUT2D eigenvalue weighted by Gasteiger charge is -2.34. The zero-order valence-electron chi connectivity index (χ0n) is 23.1. The minimum Gasteiger partial charge on any atom is -0.462 e. The van der Waals surface area contributed by atoms with E-state index >= 15 is 4.39 Å². The van der Waals surface area contributed by atoms with Crippen molar-refractivity contribution in [1.29, 1.82) is 0 Å². The van der Waals surface area contributed by atoms with E-state index in [-0.39, 0.29) is 5.75 Å². The van der Waals surface area contributed by atoms with Gasteiger partial charge in [0.15, 0.2) is 23.8 Å². The molecule has 4 rings (SSSR count). The zero-order valence-corrected chi connectivity index (χ0v) is 24.8.